The quantitative estimate of drug-likeness (QED) is 0.886. The van der Waals surface area contributed by atoms with Gasteiger partial charge in [0.1, 0.15) is 12.4 Å². The third-order valence-corrected chi connectivity index (χ3v) is 4.39. The van der Waals surface area contributed by atoms with Gasteiger partial charge in [-0.3, -0.25) is 9.80 Å². The van der Waals surface area contributed by atoms with Crippen LogP contribution < -0.4 is 10.1 Å². The molecule has 2 saturated heterocycles. The SMILES string of the molecule is Clc1cccc(OCCN2CCN(C3CNC3)CC2)c1. The Balaban J connectivity index is 1.35. The van der Waals surface area contributed by atoms with E-state index < -0.39 is 0 Å². The number of piperazine rings is 1. The Labute approximate surface area is 125 Å². The van der Waals surface area contributed by atoms with Crippen molar-refractivity contribution in [2.24, 2.45) is 0 Å². The Bertz CT molecular complexity index is 431. The molecule has 4 nitrogen and oxygen atoms in total. The van der Waals surface area contributed by atoms with Gasteiger partial charge in [-0.2, -0.15) is 0 Å². The van der Waals surface area contributed by atoms with Gasteiger partial charge in [0.2, 0.25) is 0 Å². The molecule has 1 N–H and O–H groups in total. The molecule has 0 atom stereocenters. The maximum atomic E-state index is 5.94. The molecule has 0 aliphatic carbocycles. The van der Waals surface area contributed by atoms with Gasteiger partial charge in [-0.25, -0.2) is 0 Å². The van der Waals surface area contributed by atoms with Crippen molar-refractivity contribution in [1.82, 2.24) is 15.1 Å². The van der Waals surface area contributed by atoms with Crippen molar-refractivity contribution < 1.29 is 4.74 Å². The highest BCUT2D eigenvalue weighted by atomic mass is 35.5. The van der Waals surface area contributed by atoms with Crippen LogP contribution in [0.4, 0.5) is 0 Å². The Morgan fingerprint density at radius 3 is 2.65 bits per heavy atom. The number of benzene rings is 1. The van der Waals surface area contributed by atoms with Crippen molar-refractivity contribution in [3.8, 4) is 5.75 Å². The minimum Gasteiger partial charge on any atom is -0.492 e. The highest BCUT2D eigenvalue weighted by Gasteiger charge is 2.27. The topological polar surface area (TPSA) is 27.7 Å². The fourth-order valence-electron chi connectivity index (χ4n) is 2.73. The Kier molecular flexibility index (Phi) is 4.78. The fraction of sp³-hybridized carbons (Fsp3) is 0.600. The molecule has 110 valence electrons. The van der Waals surface area contributed by atoms with Gasteiger partial charge in [-0.15, -0.1) is 0 Å². The van der Waals surface area contributed by atoms with Crippen molar-refractivity contribution >= 4 is 11.6 Å². The lowest BCUT2D eigenvalue weighted by Crippen LogP contribution is -2.61. The van der Waals surface area contributed by atoms with Crippen LogP contribution >= 0.6 is 11.6 Å². The standard InChI is InChI=1S/C15H22ClN3O/c16-13-2-1-3-15(10-13)20-9-8-18-4-6-19(7-5-18)14-11-17-12-14/h1-3,10,14,17H,4-9,11-12H2. The van der Waals surface area contributed by atoms with E-state index in [9.17, 15) is 0 Å². The summed E-state index contributed by atoms with van der Waals surface area (Å²) in [5, 5.41) is 4.07. The minimum absolute atomic E-state index is 0.727. The molecule has 0 unspecified atom stereocenters. The van der Waals surface area contributed by atoms with Crippen molar-refractivity contribution in [2.45, 2.75) is 6.04 Å². The van der Waals surface area contributed by atoms with Crippen LogP contribution in [0, 0.1) is 0 Å². The number of hydrogen-bond acceptors (Lipinski definition) is 4. The lowest BCUT2D eigenvalue weighted by atomic mass is 10.1. The van der Waals surface area contributed by atoms with Crippen LogP contribution in [-0.2, 0) is 0 Å². The van der Waals surface area contributed by atoms with Crippen molar-refractivity contribution in [2.75, 3.05) is 52.4 Å². The Hall–Kier alpha value is -0.810. The summed E-state index contributed by atoms with van der Waals surface area (Å²) < 4.78 is 5.75. The van der Waals surface area contributed by atoms with Crippen LogP contribution in [0.3, 0.4) is 0 Å². The second-order valence-electron chi connectivity index (χ2n) is 5.50. The third-order valence-electron chi connectivity index (χ3n) is 4.16. The summed E-state index contributed by atoms with van der Waals surface area (Å²) >= 11 is 5.94. The Morgan fingerprint density at radius 2 is 2.00 bits per heavy atom. The fourth-order valence-corrected chi connectivity index (χ4v) is 2.91. The predicted molar refractivity (Wildman–Crippen MR) is 81.6 cm³/mol. The van der Waals surface area contributed by atoms with Crippen molar-refractivity contribution in [3.05, 3.63) is 29.3 Å². The summed E-state index contributed by atoms with van der Waals surface area (Å²) in [5.74, 6) is 0.858. The number of halogens is 1. The summed E-state index contributed by atoms with van der Waals surface area (Å²) in [6.45, 7) is 8.71. The predicted octanol–water partition coefficient (Wildman–Crippen LogP) is 1.31. The highest BCUT2D eigenvalue weighted by molar-refractivity contribution is 6.30. The number of rotatable bonds is 5. The van der Waals surface area contributed by atoms with E-state index in [-0.39, 0.29) is 0 Å². The zero-order valence-electron chi connectivity index (χ0n) is 11.7. The summed E-state index contributed by atoms with van der Waals surface area (Å²) in [6, 6.07) is 8.38. The zero-order chi connectivity index (χ0) is 13.8. The molecule has 2 fully saturated rings. The van der Waals surface area contributed by atoms with Gasteiger partial charge < -0.3 is 10.1 Å². The highest BCUT2D eigenvalue weighted by Crippen LogP contribution is 2.17. The van der Waals surface area contributed by atoms with E-state index >= 15 is 0 Å². The maximum absolute atomic E-state index is 5.94. The largest absolute Gasteiger partial charge is 0.492 e. The van der Waals surface area contributed by atoms with Crippen LogP contribution in [0.15, 0.2) is 24.3 Å². The molecule has 2 aliphatic heterocycles. The number of nitrogens with zero attached hydrogens (tertiary/aromatic N) is 2. The molecule has 3 rings (SSSR count). The number of ether oxygens (including phenoxy) is 1. The van der Waals surface area contributed by atoms with Crippen LogP contribution in [0.2, 0.25) is 5.02 Å². The van der Waals surface area contributed by atoms with E-state index in [0.717, 1.165) is 56.1 Å². The summed E-state index contributed by atoms with van der Waals surface area (Å²) in [4.78, 5) is 5.08. The van der Waals surface area contributed by atoms with E-state index in [1.165, 1.54) is 13.1 Å². The maximum Gasteiger partial charge on any atom is 0.120 e. The van der Waals surface area contributed by atoms with Gasteiger partial charge in [0.15, 0.2) is 0 Å². The third kappa shape index (κ3) is 3.64. The summed E-state index contributed by atoms with van der Waals surface area (Å²) in [7, 11) is 0. The molecule has 1 aromatic rings. The molecule has 20 heavy (non-hydrogen) atoms. The van der Waals surface area contributed by atoms with Gasteiger partial charge in [-0.1, -0.05) is 17.7 Å². The van der Waals surface area contributed by atoms with Gasteiger partial charge in [0, 0.05) is 56.9 Å². The van der Waals surface area contributed by atoms with E-state index in [1.54, 1.807) is 0 Å². The van der Waals surface area contributed by atoms with Crippen LogP contribution in [-0.4, -0.2) is 68.3 Å². The molecular weight excluding hydrogens is 274 g/mol. The molecule has 0 bridgehead atoms. The monoisotopic (exact) mass is 295 g/mol. The lowest BCUT2D eigenvalue weighted by molar-refractivity contribution is 0.0663. The molecule has 1 aromatic carbocycles. The minimum atomic E-state index is 0.727. The Morgan fingerprint density at radius 1 is 1.20 bits per heavy atom. The average Bonchev–Trinajstić information content (AvgIpc) is 2.39. The van der Waals surface area contributed by atoms with Crippen LogP contribution in [0.25, 0.3) is 0 Å². The second-order valence-corrected chi connectivity index (χ2v) is 5.93. The molecule has 2 heterocycles. The van der Waals surface area contributed by atoms with E-state index in [2.05, 4.69) is 15.1 Å². The first-order chi connectivity index (χ1) is 9.81. The molecule has 0 spiro atoms. The van der Waals surface area contributed by atoms with Crippen molar-refractivity contribution in [3.63, 3.8) is 0 Å². The van der Waals surface area contributed by atoms with E-state index in [0.29, 0.717) is 0 Å². The molecular formula is C15H22ClN3O. The van der Waals surface area contributed by atoms with E-state index in [1.807, 2.05) is 24.3 Å². The summed E-state index contributed by atoms with van der Waals surface area (Å²) in [5.41, 5.74) is 0. The normalized spacial score (nSPS) is 21.6. The first kappa shape index (κ1) is 14.1. The first-order valence-corrected chi connectivity index (χ1v) is 7.74. The van der Waals surface area contributed by atoms with Crippen LogP contribution in [0.1, 0.15) is 0 Å². The van der Waals surface area contributed by atoms with Gasteiger partial charge in [-0.05, 0) is 18.2 Å². The first-order valence-electron chi connectivity index (χ1n) is 7.37. The summed E-state index contributed by atoms with van der Waals surface area (Å²) in [6.07, 6.45) is 0. The molecule has 0 amide bonds. The second kappa shape index (κ2) is 6.76. The van der Waals surface area contributed by atoms with Crippen LogP contribution in [0.5, 0.6) is 5.75 Å². The van der Waals surface area contributed by atoms with Gasteiger partial charge in [0.05, 0.1) is 0 Å². The molecule has 0 saturated carbocycles. The van der Waals surface area contributed by atoms with Crippen molar-refractivity contribution in [1.29, 1.82) is 0 Å². The molecule has 0 aromatic heterocycles. The molecule has 5 heteroatoms. The average molecular weight is 296 g/mol. The van der Waals surface area contributed by atoms with Gasteiger partial charge >= 0.3 is 0 Å². The zero-order valence-corrected chi connectivity index (χ0v) is 12.5. The van der Waals surface area contributed by atoms with E-state index in [4.69, 9.17) is 16.3 Å². The molecule has 0 radical (unpaired) electrons. The smallest absolute Gasteiger partial charge is 0.120 e. The number of nitrogens with one attached hydrogen (secondary N) is 1. The number of hydrogen-bond donors (Lipinski definition) is 1. The van der Waals surface area contributed by atoms with Gasteiger partial charge in [0.25, 0.3) is 0 Å². The lowest BCUT2D eigenvalue weighted by Gasteiger charge is -2.43. The molecule has 2 aliphatic rings.